The average Bonchev–Trinajstić information content (AvgIpc) is 2.81. The van der Waals surface area contributed by atoms with Crippen LogP contribution in [0.25, 0.3) is 0 Å². The summed E-state index contributed by atoms with van der Waals surface area (Å²) in [7, 11) is 0. The summed E-state index contributed by atoms with van der Waals surface area (Å²) >= 11 is 0. The van der Waals surface area contributed by atoms with Gasteiger partial charge in [-0.3, -0.25) is 0 Å². The SMILES string of the molecule is Cc1ccccc1[C@H](C)NC1Cc2ccccc2C1. The number of aryl methyl sites for hydroxylation is 1. The molecule has 1 aliphatic rings. The fourth-order valence-electron chi connectivity index (χ4n) is 3.19. The van der Waals surface area contributed by atoms with Crippen LogP contribution >= 0.6 is 0 Å². The molecule has 1 N–H and O–H groups in total. The predicted octanol–water partition coefficient (Wildman–Crippen LogP) is 3.81. The molecule has 0 saturated heterocycles. The van der Waals surface area contributed by atoms with E-state index in [9.17, 15) is 0 Å². The van der Waals surface area contributed by atoms with Gasteiger partial charge in [0.1, 0.15) is 0 Å². The molecule has 3 rings (SSSR count). The molecular weight excluding hydrogens is 230 g/mol. The average molecular weight is 251 g/mol. The monoisotopic (exact) mass is 251 g/mol. The molecule has 0 heterocycles. The maximum absolute atomic E-state index is 3.78. The lowest BCUT2D eigenvalue weighted by Gasteiger charge is -2.21. The smallest absolute Gasteiger partial charge is 0.0297 e. The highest BCUT2D eigenvalue weighted by atomic mass is 14.9. The van der Waals surface area contributed by atoms with E-state index < -0.39 is 0 Å². The molecule has 19 heavy (non-hydrogen) atoms. The van der Waals surface area contributed by atoms with E-state index >= 15 is 0 Å². The Labute approximate surface area is 115 Å². The Morgan fingerprint density at radius 2 is 1.53 bits per heavy atom. The molecule has 0 amide bonds. The molecule has 1 nitrogen and oxygen atoms in total. The quantitative estimate of drug-likeness (QED) is 0.874. The van der Waals surface area contributed by atoms with E-state index in [0.717, 1.165) is 12.8 Å². The van der Waals surface area contributed by atoms with Crippen molar-refractivity contribution in [2.45, 2.75) is 38.8 Å². The Hall–Kier alpha value is -1.60. The first kappa shape index (κ1) is 12.4. The predicted molar refractivity (Wildman–Crippen MR) is 80.4 cm³/mol. The van der Waals surface area contributed by atoms with Crippen LogP contribution in [-0.2, 0) is 12.8 Å². The number of hydrogen-bond acceptors (Lipinski definition) is 1. The minimum absolute atomic E-state index is 0.417. The molecule has 0 bridgehead atoms. The molecule has 98 valence electrons. The van der Waals surface area contributed by atoms with Crippen LogP contribution in [-0.4, -0.2) is 6.04 Å². The maximum Gasteiger partial charge on any atom is 0.0297 e. The molecular formula is C18H21N. The van der Waals surface area contributed by atoms with Gasteiger partial charge in [-0.25, -0.2) is 0 Å². The zero-order valence-corrected chi connectivity index (χ0v) is 11.7. The van der Waals surface area contributed by atoms with E-state index in [1.54, 1.807) is 0 Å². The molecule has 1 heteroatoms. The lowest BCUT2D eigenvalue weighted by atomic mass is 10.0. The molecule has 2 aromatic carbocycles. The summed E-state index contributed by atoms with van der Waals surface area (Å²) < 4.78 is 0. The summed E-state index contributed by atoms with van der Waals surface area (Å²) in [5.74, 6) is 0. The molecule has 1 aliphatic carbocycles. The van der Waals surface area contributed by atoms with Gasteiger partial charge in [-0.15, -0.1) is 0 Å². The van der Waals surface area contributed by atoms with Crippen molar-refractivity contribution in [2.24, 2.45) is 0 Å². The molecule has 0 fully saturated rings. The van der Waals surface area contributed by atoms with Crippen molar-refractivity contribution >= 4 is 0 Å². The standard InChI is InChI=1S/C18H21N/c1-13-7-3-6-10-18(13)14(2)19-17-11-15-8-4-5-9-16(15)12-17/h3-10,14,17,19H,11-12H2,1-2H3/t14-/m0/s1. The molecule has 0 aliphatic heterocycles. The van der Waals surface area contributed by atoms with Gasteiger partial charge in [0.05, 0.1) is 0 Å². The van der Waals surface area contributed by atoms with E-state index in [4.69, 9.17) is 0 Å². The van der Waals surface area contributed by atoms with Gasteiger partial charge < -0.3 is 5.32 Å². The van der Waals surface area contributed by atoms with Gasteiger partial charge in [-0.2, -0.15) is 0 Å². The highest BCUT2D eigenvalue weighted by molar-refractivity contribution is 5.34. The van der Waals surface area contributed by atoms with Crippen molar-refractivity contribution in [3.8, 4) is 0 Å². The van der Waals surface area contributed by atoms with Crippen LogP contribution < -0.4 is 5.32 Å². The molecule has 0 radical (unpaired) electrons. The van der Waals surface area contributed by atoms with E-state index in [2.05, 4.69) is 67.7 Å². The number of hydrogen-bond donors (Lipinski definition) is 1. The van der Waals surface area contributed by atoms with Crippen molar-refractivity contribution in [1.82, 2.24) is 5.32 Å². The van der Waals surface area contributed by atoms with E-state index in [1.807, 2.05) is 0 Å². The van der Waals surface area contributed by atoms with E-state index in [-0.39, 0.29) is 0 Å². The van der Waals surface area contributed by atoms with Gasteiger partial charge in [0.15, 0.2) is 0 Å². The Morgan fingerprint density at radius 1 is 0.947 bits per heavy atom. The third-order valence-corrected chi connectivity index (χ3v) is 4.19. The summed E-state index contributed by atoms with van der Waals surface area (Å²) in [5, 5.41) is 3.78. The van der Waals surface area contributed by atoms with Crippen molar-refractivity contribution < 1.29 is 0 Å². The van der Waals surface area contributed by atoms with Crippen LogP contribution in [0.2, 0.25) is 0 Å². The van der Waals surface area contributed by atoms with Crippen LogP contribution in [0.1, 0.15) is 35.2 Å². The zero-order valence-electron chi connectivity index (χ0n) is 11.7. The molecule has 0 saturated carbocycles. The van der Waals surface area contributed by atoms with Gasteiger partial charge in [-0.05, 0) is 48.9 Å². The molecule has 1 atom stereocenters. The molecule has 2 aromatic rings. The molecule has 0 aromatic heterocycles. The topological polar surface area (TPSA) is 12.0 Å². The van der Waals surface area contributed by atoms with Crippen LogP contribution in [0.4, 0.5) is 0 Å². The minimum Gasteiger partial charge on any atom is -0.307 e. The van der Waals surface area contributed by atoms with Crippen LogP contribution in [0, 0.1) is 6.92 Å². The molecule has 0 unspecified atom stereocenters. The summed E-state index contributed by atoms with van der Waals surface area (Å²) in [5.41, 5.74) is 5.81. The number of benzene rings is 2. The highest BCUT2D eigenvalue weighted by Crippen LogP contribution is 2.25. The fourth-order valence-corrected chi connectivity index (χ4v) is 3.19. The van der Waals surface area contributed by atoms with Crippen LogP contribution in [0.3, 0.4) is 0 Å². The second-order valence-electron chi connectivity index (χ2n) is 5.62. The first-order valence-corrected chi connectivity index (χ1v) is 7.12. The van der Waals surface area contributed by atoms with Gasteiger partial charge in [-0.1, -0.05) is 48.5 Å². The third-order valence-electron chi connectivity index (χ3n) is 4.19. The lowest BCUT2D eigenvalue weighted by Crippen LogP contribution is -2.32. The van der Waals surface area contributed by atoms with Crippen molar-refractivity contribution in [3.63, 3.8) is 0 Å². The lowest BCUT2D eigenvalue weighted by molar-refractivity contribution is 0.466. The second-order valence-corrected chi connectivity index (χ2v) is 5.62. The largest absolute Gasteiger partial charge is 0.307 e. The normalized spacial score (nSPS) is 16.3. The van der Waals surface area contributed by atoms with E-state index in [0.29, 0.717) is 12.1 Å². The number of fused-ring (bicyclic) bond motifs is 1. The maximum atomic E-state index is 3.78. The zero-order chi connectivity index (χ0) is 13.2. The fraction of sp³-hybridized carbons (Fsp3) is 0.333. The van der Waals surface area contributed by atoms with Gasteiger partial charge >= 0.3 is 0 Å². The second kappa shape index (κ2) is 5.18. The number of nitrogens with one attached hydrogen (secondary N) is 1. The van der Waals surface area contributed by atoms with Gasteiger partial charge in [0.25, 0.3) is 0 Å². The summed E-state index contributed by atoms with van der Waals surface area (Å²) in [6.07, 6.45) is 2.32. The minimum atomic E-state index is 0.417. The highest BCUT2D eigenvalue weighted by Gasteiger charge is 2.22. The van der Waals surface area contributed by atoms with Gasteiger partial charge in [0.2, 0.25) is 0 Å². The van der Waals surface area contributed by atoms with Crippen LogP contribution in [0.5, 0.6) is 0 Å². The van der Waals surface area contributed by atoms with Crippen molar-refractivity contribution in [1.29, 1.82) is 0 Å². The van der Waals surface area contributed by atoms with Crippen molar-refractivity contribution in [2.75, 3.05) is 0 Å². The first-order chi connectivity index (χ1) is 9.24. The van der Waals surface area contributed by atoms with Gasteiger partial charge in [0, 0.05) is 12.1 Å². The third kappa shape index (κ3) is 2.57. The van der Waals surface area contributed by atoms with E-state index in [1.165, 1.54) is 22.3 Å². The Balaban J connectivity index is 1.69. The first-order valence-electron chi connectivity index (χ1n) is 7.12. The summed E-state index contributed by atoms with van der Waals surface area (Å²) in [6.45, 7) is 4.46. The Morgan fingerprint density at radius 3 is 2.16 bits per heavy atom. The summed E-state index contributed by atoms with van der Waals surface area (Å²) in [6, 6.07) is 18.5. The van der Waals surface area contributed by atoms with Crippen molar-refractivity contribution in [3.05, 3.63) is 70.8 Å². The summed E-state index contributed by atoms with van der Waals surface area (Å²) in [4.78, 5) is 0. The Bertz CT molecular complexity index is 548. The number of rotatable bonds is 3. The molecule has 0 spiro atoms. The van der Waals surface area contributed by atoms with Crippen LogP contribution in [0.15, 0.2) is 48.5 Å². The Kier molecular flexibility index (Phi) is 3.39.